The van der Waals surface area contributed by atoms with Crippen molar-refractivity contribution in [1.82, 2.24) is 10.2 Å². The number of nitrogens with one attached hydrogen (secondary N) is 1. The molecule has 1 aliphatic heterocycles. The lowest BCUT2D eigenvalue weighted by atomic mass is 10.2. The number of ether oxygens (including phenoxy) is 1. The minimum atomic E-state index is -2.93. The molecule has 1 fully saturated rings. The molecule has 1 heterocycles. The molecule has 2 rings (SSSR count). The van der Waals surface area contributed by atoms with E-state index in [9.17, 15) is 13.2 Å². The van der Waals surface area contributed by atoms with Crippen LogP contribution in [0.25, 0.3) is 0 Å². The molecule has 6 nitrogen and oxygen atoms in total. The van der Waals surface area contributed by atoms with Crippen molar-refractivity contribution in [3.63, 3.8) is 0 Å². The van der Waals surface area contributed by atoms with E-state index in [1.54, 1.807) is 14.2 Å². The fourth-order valence-corrected chi connectivity index (χ4v) is 4.32. The van der Waals surface area contributed by atoms with E-state index in [2.05, 4.69) is 5.32 Å². The summed E-state index contributed by atoms with van der Waals surface area (Å²) in [5.74, 6) is 0.995. The van der Waals surface area contributed by atoms with E-state index in [0.29, 0.717) is 13.0 Å². The predicted octanol–water partition coefficient (Wildman–Crippen LogP) is 0.430. The van der Waals surface area contributed by atoms with Crippen molar-refractivity contribution in [3.05, 3.63) is 29.8 Å². The van der Waals surface area contributed by atoms with Crippen molar-refractivity contribution in [2.75, 3.05) is 32.2 Å². The van der Waals surface area contributed by atoms with Crippen LogP contribution in [0, 0.1) is 0 Å². The van der Waals surface area contributed by atoms with Gasteiger partial charge < -0.3 is 10.1 Å². The second kappa shape index (κ2) is 7.11. The summed E-state index contributed by atoms with van der Waals surface area (Å²) < 4.78 is 28.1. The van der Waals surface area contributed by atoms with Crippen LogP contribution in [0.15, 0.2) is 24.3 Å². The molecule has 1 atom stereocenters. The van der Waals surface area contributed by atoms with Gasteiger partial charge >= 0.3 is 0 Å². The first-order valence-electron chi connectivity index (χ1n) is 7.20. The lowest BCUT2D eigenvalue weighted by Crippen LogP contribution is -2.41. The molecule has 1 N–H and O–H groups in total. The van der Waals surface area contributed by atoms with E-state index < -0.39 is 9.84 Å². The van der Waals surface area contributed by atoms with Crippen LogP contribution in [-0.4, -0.2) is 57.5 Å². The van der Waals surface area contributed by atoms with E-state index in [0.717, 1.165) is 11.3 Å². The van der Waals surface area contributed by atoms with Crippen LogP contribution in [0.3, 0.4) is 0 Å². The number of nitrogens with zero attached hydrogens (tertiary/aromatic N) is 1. The Labute approximate surface area is 131 Å². The van der Waals surface area contributed by atoms with Gasteiger partial charge in [-0.05, 0) is 31.2 Å². The van der Waals surface area contributed by atoms with Gasteiger partial charge in [-0.1, -0.05) is 12.1 Å². The Morgan fingerprint density at radius 1 is 1.45 bits per heavy atom. The zero-order valence-corrected chi connectivity index (χ0v) is 13.7. The van der Waals surface area contributed by atoms with Gasteiger partial charge in [-0.25, -0.2) is 8.42 Å². The highest BCUT2D eigenvalue weighted by Gasteiger charge is 2.31. The van der Waals surface area contributed by atoms with E-state index in [1.165, 1.54) is 0 Å². The number of sulfone groups is 1. The number of amides is 1. The van der Waals surface area contributed by atoms with E-state index >= 15 is 0 Å². The molecule has 0 bridgehead atoms. The van der Waals surface area contributed by atoms with Gasteiger partial charge in [0.25, 0.3) is 0 Å². The summed E-state index contributed by atoms with van der Waals surface area (Å²) in [5.41, 5.74) is 0.957. The molecular weight excluding hydrogens is 304 g/mol. The fourth-order valence-electron chi connectivity index (χ4n) is 2.52. The van der Waals surface area contributed by atoms with Crippen molar-refractivity contribution >= 4 is 15.7 Å². The third kappa shape index (κ3) is 4.71. The van der Waals surface area contributed by atoms with Crippen LogP contribution in [0.1, 0.15) is 12.0 Å². The van der Waals surface area contributed by atoms with Crippen LogP contribution in [-0.2, 0) is 21.2 Å². The highest BCUT2D eigenvalue weighted by atomic mass is 32.2. The smallest absolute Gasteiger partial charge is 0.234 e. The molecule has 0 aliphatic carbocycles. The van der Waals surface area contributed by atoms with E-state index in [-0.39, 0.29) is 30.0 Å². The molecule has 0 aromatic heterocycles. The Bertz CT molecular complexity index is 630. The van der Waals surface area contributed by atoms with Gasteiger partial charge in [-0.2, -0.15) is 0 Å². The number of hydrogen-bond acceptors (Lipinski definition) is 5. The Morgan fingerprint density at radius 2 is 2.23 bits per heavy atom. The summed E-state index contributed by atoms with van der Waals surface area (Å²) in [7, 11) is 0.461. The summed E-state index contributed by atoms with van der Waals surface area (Å²) >= 11 is 0. The fraction of sp³-hybridized carbons (Fsp3) is 0.533. The maximum absolute atomic E-state index is 12.0. The zero-order chi connectivity index (χ0) is 16.2. The number of methoxy groups -OCH3 is 1. The second-order valence-electron chi connectivity index (χ2n) is 5.60. The van der Waals surface area contributed by atoms with Crippen molar-refractivity contribution in [2.45, 2.75) is 19.0 Å². The molecule has 0 radical (unpaired) electrons. The quantitative estimate of drug-likeness (QED) is 0.820. The maximum Gasteiger partial charge on any atom is 0.234 e. The lowest BCUT2D eigenvalue weighted by molar-refractivity contribution is -0.122. The average molecular weight is 326 g/mol. The zero-order valence-electron chi connectivity index (χ0n) is 12.9. The first-order valence-corrected chi connectivity index (χ1v) is 9.02. The number of likely N-dealkylation sites (N-methyl/N-ethyl adjacent to an activating group) is 1. The topological polar surface area (TPSA) is 75.7 Å². The molecular formula is C15H22N2O4S. The molecule has 1 amide bonds. The highest BCUT2D eigenvalue weighted by molar-refractivity contribution is 7.91. The van der Waals surface area contributed by atoms with Crippen LogP contribution < -0.4 is 10.1 Å². The molecule has 1 aromatic carbocycles. The van der Waals surface area contributed by atoms with Crippen LogP contribution in [0.4, 0.5) is 0 Å². The van der Waals surface area contributed by atoms with Gasteiger partial charge in [0, 0.05) is 12.6 Å². The minimum Gasteiger partial charge on any atom is -0.497 e. The first-order chi connectivity index (χ1) is 10.4. The highest BCUT2D eigenvalue weighted by Crippen LogP contribution is 2.16. The third-order valence-electron chi connectivity index (χ3n) is 3.85. The molecule has 1 aromatic rings. The van der Waals surface area contributed by atoms with Crippen LogP contribution in [0.5, 0.6) is 5.75 Å². The summed E-state index contributed by atoms with van der Waals surface area (Å²) in [6, 6.07) is 7.44. The van der Waals surface area contributed by atoms with E-state index in [4.69, 9.17) is 4.74 Å². The Kier molecular flexibility index (Phi) is 5.42. The Morgan fingerprint density at radius 3 is 2.86 bits per heavy atom. The first kappa shape index (κ1) is 16.8. The Hall–Kier alpha value is -1.60. The van der Waals surface area contributed by atoms with Gasteiger partial charge in [0.15, 0.2) is 9.84 Å². The van der Waals surface area contributed by atoms with Crippen molar-refractivity contribution in [2.24, 2.45) is 0 Å². The number of rotatable bonds is 6. The number of carbonyl (C=O) groups excluding carboxylic acids is 1. The van der Waals surface area contributed by atoms with Crippen molar-refractivity contribution in [3.8, 4) is 5.75 Å². The summed E-state index contributed by atoms with van der Waals surface area (Å²) in [6.45, 7) is 0.622. The normalized spacial score (nSPS) is 20.0. The number of benzene rings is 1. The van der Waals surface area contributed by atoms with Gasteiger partial charge in [0.05, 0.1) is 25.2 Å². The molecule has 7 heteroatoms. The third-order valence-corrected chi connectivity index (χ3v) is 5.60. The molecule has 1 unspecified atom stereocenters. The average Bonchev–Trinajstić information content (AvgIpc) is 2.85. The van der Waals surface area contributed by atoms with Crippen molar-refractivity contribution in [1.29, 1.82) is 0 Å². The Balaban J connectivity index is 1.80. The number of hydrogen-bond donors (Lipinski definition) is 1. The van der Waals surface area contributed by atoms with Gasteiger partial charge in [-0.3, -0.25) is 9.69 Å². The van der Waals surface area contributed by atoms with Crippen LogP contribution >= 0.6 is 0 Å². The minimum absolute atomic E-state index is 0.0624. The molecule has 0 saturated carbocycles. The van der Waals surface area contributed by atoms with Crippen molar-refractivity contribution < 1.29 is 17.9 Å². The SMILES string of the molecule is COc1cccc(CNC(=O)CN(C)C2CCS(=O)(=O)C2)c1. The van der Waals surface area contributed by atoms with Crippen LogP contribution in [0.2, 0.25) is 0 Å². The summed E-state index contributed by atoms with van der Waals surface area (Å²) in [6.07, 6.45) is 0.599. The van der Waals surface area contributed by atoms with E-state index in [1.807, 2.05) is 29.2 Å². The lowest BCUT2D eigenvalue weighted by Gasteiger charge is -2.22. The monoisotopic (exact) mass is 326 g/mol. The molecule has 1 aliphatic rings. The van der Waals surface area contributed by atoms with Gasteiger partial charge in [-0.15, -0.1) is 0 Å². The largest absolute Gasteiger partial charge is 0.497 e. The summed E-state index contributed by atoms with van der Waals surface area (Å²) in [5, 5.41) is 2.84. The molecule has 22 heavy (non-hydrogen) atoms. The second-order valence-corrected chi connectivity index (χ2v) is 7.83. The number of carbonyl (C=O) groups is 1. The molecule has 0 spiro atoms. The summed E-state index contributed by atoms with van der Waals surface area (Å²) in [4.78, 5) is 13.8. The maximum atomic E-state index is 12.0. The standard InChI is InChI=1S/C15H22N2O4S/c1-17(13-6-7-22(19,20)11-13)10-15(18)16-9-12-4-3-5-14(8-12)21-2/h3-5,8,13H,6-7,9-11H2,1-2H3,(H,16,18). The van der Waals surface area contributed by atoms with Gasteiger partial charge in [0.1, 0.15) is 5.75 Å². The predicted molar refractivity (Wildman–Crippen MR) is 84.5 cm³/mol. The van der Waals surface area contributed by atoms with Gasteiger partial charge in [0.2, 0.25) is 5.91 Å². The molecule has 122 valence electrons. The molecule has 1 saturated heterocycles.